The molecule has 6 atom stereocenters. The molecule has 0 saturated carbocycles. The number of benzene rings is 2. The molecule has 0 spiro atoms. The summed E-state index contributed by atoms with van der Waals surface area (Å²) in [5, 5.41) is 29.8. The normalized spacial score (nSPS) is 22.1. The average molecular weight is 721 g/mol. The standard InChI is InChI=1S/C33H32N6O13/c1-16(40)46-15-27-29(48-17(2)41)30(49-18(3)42)31(50-19(4)43)33(52-27)38-13-20(36-37-38)14-47-21-9-10-23-26(11-21)51-32(35)24(12-34)28(23)22-7-5-6-8-25(22)39(44)45/h5-11,13,27-31,33H,14-15,35H2,1-4H3/t27-,28?,29-,30+,31-,33-/m1/s1. The number of nitrogens with zero attached hydrogens (tertiary/aromatic N) is 5. The molecule has 0 radical (unpaired) electrons. The fourth-order valence-electron chi connectivity index (χ4n) is 5.82. The second-order valence-corrected chi connectivity index (χ2v) is 11.5. The number of carbonyl (C=O) groups excluding carboxylic acids is 4. The van der Waals surface area contributed by atoms with Gasteiger partial charge in [-0.3, -0.25) is 29.3 Å². The van der Waals surface area contributed by atoms with Crippen molar-refractivity contribution in [1.29, 1.82) is 5.26 Å². The molecule has 1 fully saturated rings. The Morgan fingerprint density at radius 3 is 2.29 bits per heavy atom. The van der Waals surface area contributed by atoms with Gasteiger partial charge in [0, 0.05) is 51.0 Å². The van der Waals surface area contributed by atoms with Gasteiger partial charge in [0.1, 0.15) is 48.2 Å². The molecule has 1 saturated heterocycles. The first-order chi connectivity index (χ1) is 24.8. The molecule has 272 valence electrons. The van der Waals surface area contributed by atoms with E-state index in [1.54, 1.807) is 24.3 Å². The Kier molecular flexibility index (Phi) is 11.0. The molecule has 0 amide bonds. The van der Waals surface area contributed by atoms with E-state index in [0.717, 1.165) is 27.7 Å². The van der Waals surface area contributed by atoms with Gasteiger partial charge in [0.25, 0.3) is 5.69 Å². The van der Waals surface area contributed by atoms with Crippen molar-refractivity contribution >= 4 is 29.6 Å². The molecule has 2 N–H and O–H groups in total. The van der Waals surface area contributed by atoms with Crippen molar-refractivity contribution in [2.75, 3.05) is 6.61 Å². The molecule has 2 aliphatic rings. The highest BCUT2D eigenvalue weighted by Crippen LogP contribution is 2.45. The maximum atomic E-state index is 12.2. The molecule has 1 unspecified atom stereocenters. The van der Waals surface area contributed by atoms with Crippen LogP contribution in [0.25, 0.3) is 0 Å². The van der Waals surface area contributed by atoms with Crippen molar-refractivity contribution in [3.63, 3.8) is 0 Å². The lowest BCUT2D eigenvalue weighted by Crippen LogP contribution is -2.60. The highest BCUT2D eigenvalue weighted by molar-refractivity contribution is 5.69. The van der Waals surface area contributed by atoms with E-state index in [9.17, 15) is 34.6 Å². The largest absolute Gasteiger partial charge is 0.487 e. The van der Waals surface area contributed by atoms with Crippen LogP contribution >= 0.6 is 0 Å². The van der Waals surface area contributed by atoms with E-state index in [-0.39, 0.29) is 46.5 Å². The van der Waals surface area contributed by atoms with Gasteiger partial charge in [-0.1, -0.05) is 29.5 Å². The van der Waals surface area contributed by atoms with Gasteiger partial charge >= 0.3 is 23.9 Å². The quantitative estimate of drug-likeness (QED) is 0.129. The van der Waals surface area contributed by atoms with E-state index in [2.05, 4.69) is 10.3 Å². The lowest BCUT2D eigenvalue weighted by atomic mass is 9.83. The summed E-state index contributed by atoms with van der Waals surface area (Å²) in [4.78, 5) is 59.2. The summed E-state index contributed by atoms with van der Waals surface area (Å²) in [5.74, 6) is -3.63. The number of ether oxygens (including phenoxy) is 7. The Hall–Kier alpha value is -6.55. The summed E-state index contributed by atoms with van der Waals surface area (Å²) in [7, 11) is 0. The van der Waals surface area contributed by atoms with Crippen molar-refractivity contribution in [2.24, 2.45) is 5.73 Å². The maximum absolute atomic E-state index is 12.2. The summed E-state index contributed by atoms with van der Waals surface area (Å²) in [5.41, 5.74) is 6.84. The molecule has 19 nitrogen and oxygen atoms in total. The van der Waals surface area contributed by atoms with Crippen LogP contribution in [0.4, 0.5) is 5.69 Å². The van der Waals surface area contributed by atoms with Crippen molar-refractivity contribution in [3.05, 3.63) is 87.1 Å². The van der Waals surface area contributed by atoms with E-state index < -0.39 is 72.0 Å². The number of rotatable bonds is 11. The smallest absolute Gasteiger partial charge is 0.303 e. The minimum atomic E-state index is -1.41. The summed E-state index contributed by atoms with van der Waals surface area (Å²) in [6, 6.07) is 12.7. The molecule has 1 aromatic heterocycles. The van der Waals surface area contributed by atoms with Crippen LogP contribution in [0.5, 0.6) is 11.5 Å². The van der Waals surface area contributed by atoms with Crippen molar-refractivity contribution in [3.8, 4) is 17.6 Å². The SMILES string of the molecule is CC(=O)OC[C@H]1O[C@@H](n2cc(COc3ccc4c(c3)OC(N)=C(C#N)C4c3ccccc3[N+](=O)[O-])nn2)[C@H](OC(C)=O)[C@@H](OC(C)=O)[C@@H]1OC(C)=O. The van der Waals surface area contributed by atoms with Crippen LogP contribution in [0.2, 0.25) is 0 Å². The van der Waals surface area contributed by atoms with Crippen LogP contribution in [0.15, 0.2) is 60.1 Å². The number of carbonyl (C=O) groups is 4. The third-order valence-electron chi connectivity index (χ3n) is 7.81. The summed E-state index contributed by atoms with van der Waals surface area (Å²) in [6.07, 6.45) is -5.27. The Morgan fingerprint density at radius 1 is 0.962 bits per heavy atom. The Labute approximate surface area is 294 Å². The van der Waals surface area contributed by atoms with Gasteiger partial charge in [-0.25, -0.2) is 4.68 Å². The van der Waals surface area contributed by atoms with Crippen LogP contribution < -0.4 is 15.2 Å². The zero-order chi connectivity index (χ0) is 37.7. The zero-order valence-electron chi connectivity index (χ0n) is 28.1. The zero-order valence-corrected chi connectivity index (χ0v) is 28.1. The Bertz CT molecular complexity index is 1970. The number of para-hydroxylation sites is 1. The van der Waals surface area contributed by atoms with Crippen molar-refractivity contribution in [1.82, 2.24) is 15.0 Å². The van der Waals surface area contributed by atoms with Gasteiger partial charge < -0.3 is 38.9 Å². The molecule has 3 heterocycles. The lowest BCUT2D eigenvalue weighted by molar-refractivity contribution is -0.385. The molecule has 5 rings (SSSR count). The fraction of sp³-hybridized carbons (Fsp3) is 0.364. The first-order valence-corrected chi connectivity index (χ1v) is 15.6. The minimum Gasteiger partial charge on any atom is -0.487 e. The molecule has 2 aromatic carbocycles. The van der Waals surface area contributed by atoms with Crippen LogP contribution in [-0.2, 0) is 49.5 Å². The van der Waals surface area contributed by atoms with Gasteiger partial charge in [-0.2, -0.15) is 5.26 Å². The number of allylic oxidation sites excluding steroid dienone is 1. The number of aromatic nitrogens is 3. The first-order valence-electron chi connectivity index (χ1n) is 15.6. The number of nitriles is 1. The van der Waals surface area contributed by atoms with Crippen LogP contribution in [-0.4, -0.2) is 74.8 Å². The summed E-state index contributed by atoms with van der Waals surface area (Å²) < 4.78 is 40.4. The van der Waals surface area contributed by atoms with Crippen LogP contribution in [0.1, 0.15) is 56.7 Å². The maximum Gasteiger partial charge on any atom is 0.303 e. The second kappa shape index (κ2) is 15.6. The van der Waals surface area contributed by atoms with Gasteiger partial charge in [0.15, 0.2) is 24.5 Å². The van der Waals surface area contributed by atoms with Gasteiger partial charge in [-0.15, -0.1) is 5.10 Å². The van der Waals surface area contributed by atoms with Gasteiger partial charge in [0.05, 0.1) is 17.0 Å². The number of nitro groups is 1. The number of hydrogen-bond acceptors (Lipinski definition) is 17. The highest BCUT2D eigenvalue weighted by Gasteiger charge is 2.53. The highest BCUT2D eigenvalue weighted by atomic mass is 16.7. The predicted octanol–water partition coefficient (Wildman–Crippen LogP) is 2.24. The van der Waals surface area contributed by atoms with Crippen LogP contribution in [0.3, 0.4) is 0 Å². The number of hydrogen-bond donors (Lipinski definition) is 1. The topological polar surface area (TPSA) is 257 Å². The molecule has 19 heteroatoms. The van der Waals surface area contributed by atoms with Crippen molar-refractivity contribution < 1.29 is 57.3 Å². The molecule has 52 heavy (non-hydrogen) atoms. The van der Waals surface area contributed by atoms with E-state index >= 15 is 0 Å². The summed E-state index contributed by atoms with van der Waals surface area (Å²) in [6.45, 7) is 3.90. The summed E-state index contributed by atoms with van der Waals surface area (Å²) >= 11 is 0. The average Bonchev–Trinajstić information content (AvgIpc) is 3.55. The molecule has 3 aromatic rings. The number of nitrogens with two attached hydrogens (primary N) is 1. The molecular formula is C33H32N6O13. The monoisotopic (exact) mass is 720 g/mol. The molecule has 0 bridgehead atoms. The number of esters is 4. The Morgan fingerprint density at radius 2 is 1.63 bits per heavy atom. The fourth-order valence-corrected chi connectivity index (χ4v) is 5.82. The minimum absolute atomic E-state index is 0.00860. The second-order valence-electron chi connectivity index (χ2n) is 11.5. The number of nitro benzene ring substituents is 1. The van der Waals surface area contributed by atoms with Gasteiger partial charge in [-0.05, 0) is 6.07 Å². The van der Waals surface area contributed by atoms with E-state index in [1.807, 2.05) is 6.07 Å². The molecule has 2 aliphatic heterocycles. The predicted molar refractivity (Wildman–Crippen MR) is 170 cm³/mol. The van der Waals surface area contributed by atoms with E-state index in [0.29, 0.717) is 5.56 Å². The van der Waals surface area contributed by atoms with Crippen LogP contribution in [0, 0.1) is 21.4 Å². The van der Waals surface area contributed by atoms with Crippen molar-refractivity contribution in [2.45, 2.75) is 70.9 Å². The Balaban J connectivity index is 1.41. The molecule has 0 aliphatic carbocycles. The third kappa shape index (κ3) is 8.08. The number of fused-ring (bicyclic) bond motifs is 1. The van der Waals surface area contributed by atoms with E-state index in [1.165, 1.54) is 29.1 Å². The first kappa shape index (κ1) is 36.7. The third-order valence-corrected chi connectivity index (χ3v) is 7.81. The lowest BCUT2D eigenvalue weighted by Gasteiger charge is -2.44. The molecular weight excluding hydrogens is 688 g/mol. The van der Waals surface area contributed by atoms with Gasteiger partial charge in [0.2, 0.25) is 5.88 Å². The van der Waals surface area contributed by atoms with E-state index in [4.69, 9.17) is 38.9 Å².